The lowest BCUT2D eigenvalue weighted by Crippen LogP contribution is -2.40. The highest BCUT2D eigenvalue weighted by molar-refractivity contribution is 5.93. The third kappa shape index (κ3) is 3.82. The molecule has 6 heteroatoms. The zero-order chi connectivity index (χ0) is 19.7. The number of pyridine rings is 1. The van der Waals surface area contributed by atoms with Crippen molar-refractivity contribution in [3.05, 3.63) is 71.2 Å². The lowest BCUT2D eigenvalue weighted by Gasteiger charge is -2.15. The number of benzene rings is 1. The van der Waals surface area contributed by atoms with Crippen LogP contribution in [0.1, 0.15) is 40.0 Å². The zero-order valence-corrected chi connectivity index (χ0v) is 16.1. The molecule has 1 fully saturated rings. The summed E-state index contributed by atoms with van der Waals surface area (Å²) in [6, 6.07) is 12.2. The molecule has 0 radical (unpaired) electrons. The standard InChI is InChI=1S/C22H24N4O2/c1-15-13-23-20(21(28)24-22(14-27)8-9-22)12-18(15)11-16-3-5-17(6-4-16)19-7-10-26(2)25-19/h3-7,10,12-13,27H,8-9,11,14H2,1-2H3,(H,24,28). The molecule has 4 rings (SSSR count). The number of aryl methyl sites for hydroxylation is 2. The Morgan fingerprint density at radius 3 is 2.61 bits per heavy atom. The van der Waals surface area contributed by atoms with Gasteiger partial charge in [0.1, 0.15) is 5.69 Å². The zero-order valence-electron chi connectivity index (χ0n) is 16.1. The molecule has 144 valence electrons. The highest BCUT2D eigenvalue weighted by Crippen LogP contribution is 2.34. The number of hydrogen-bond donors (Lipinski definition) is 2. The number of aliphatic hydroxyl groups is 1. The maximum Gasteiger partial charge on any atom is 0.270 e. The molecular weight excluding hydrogens is 352 g/mol. The van der Waals surface area contributed by atoms with Crippen LogP contribution < -0.4 is 5.32 Å². The van der Waals surface area contributed by atoms with Crippen molar-refractivity contribution in [1.82, 2.24) is 20.1 Å². The predicted molar refractivity (Wildman–Crippen MR) is 107 cm³/mol. The molecule has 0 unspecified atom stereocenters. The molecular formula is C22H24N4O2. The summed E-state index contributed by atoms with van der Waals surface area (Å²) in [6.45, 7) is 1.97. The summed E-state index contributed by atoms with van der Waals surface area (Å²) in [6.07, 6.45) is 6.03. The second kappa shape index (κ2) is 7.20. The summed E-state index contributed by atoms with van der Waals surface area (Å²) in [5, 5.41) is 16.7. The number of rotatable bonds is 6. The Morgan fingerprint density at radius 1 is 1.25 bits per heavy atom. The first kappa shape index (κ1) is 18.4. The average Bonchev–Trinajstić information content (AvgIpc) is 3.34. The first-order chi connectivity index (χ1) is 13.5. The van der Waals surface area contributed by atoms with Crippen LogP contribution in [0, 0.1) is 6.92 Å². The lowest BCUT2D eigenvalue weighted by molar-refractivity contribution is 0.0901. The fraction of sp³-hybridized carbons (Fsp3) is 0.318. The molecule has 0 bridgehead atoms. The Bertz CT molecular complexity index is 1000. The summed E-state index contributed by atoms with van der Waals surface area (Å²) in [5.41, 5.74) is 5.26. The highest BCUT2D eigenvalue weighted by atomic mass is 16.3. The Balaban J connectivity index is 1.50. The van der Waals surface area contributed by atoms with Crippen molar-refractivity contribution in [2.75, 3.05) is 6.61 Å². The Hall–Kier alpha value is -2.99. The minimum atomic E-state index is -0.439. The van der Waals surface area contributed by atoms with Crippen LogP contribution in [0.4, 0.5) is 0 Å². The second-order valence-corrected chi connectivity index (χ2v) is 7.64. The molecule has 1 aromatic carbocycles. The van der Waals surface area contributed by atoms with E-state index in [1.165, 1.54) is 0 Å². The molecule has 1 saturated carbocycles. The summed E-state index contributed by atoms with van der Waals surface area (Å²) >= 11 is 0. The fourth-order valence-corrected chi connectivity index (χ4v) is 3.24. The summed E-state index contributed by atoms with van der Waals surface area (Å²) in [4.78, 5) is 16.8. The van der Waals surface area contributed by atoms with Gasteiger partial charge in [0.25, 0.3) is 5.91 Å². The SMILES string of the molecule is Cc1cnc(C(=O)NC2(CO)CC2)cc1Cc1ccc(-c2ccn(C)n2)cc1. The van der Waals surface area contributed by atoms with Crippen molar-refractivity contribution in [2.24, 2.45) is 7.05 Å². The van der Waals surface area contributed by atoms with Gasteiger partial charge in [-0.15, -0.1) is 0 Å². The third-order valence-electron chi connectivity index (χ3n) is 5.34. The molecule has 3 aromatic rings. The van der Waals surface area contributed by atoms with Crippen LogP contribution in [0.15, 0.2) is 48.8 Å². The number of carbonyl (C=O) groups excluding carboxylic acids is 1. The van der Waals surface area contributed by atoms with E-state index in [0.717, 1.165) is 47.2 Å². The number of aliphatic hydroxyl groups excluding tert-OH is 1. The van der Waals surface area contributed by atoms with Crippen molar-refractivity contribution >= 4 is 5.91 Å². The van der Waals surface area contributed by atoms with E-state index in [1.54, 1.807) is 10.9 Å². The third-order valence-corrected chi connectivity index (χ3v) is 5.34. The first-order valence-corrected chi connectivity index (χ1v) is 9.46. The molecule has 2 heterocycles. The van der Waals surface area contributed by atoms with Crippen LogP contribution in [0.5, 0.6) is 0 Å². The van der Waals surface area contributed by atoms with Crippen LogP contribution in [0.3, 0.4) is 0 Å². The van der Waals surface area contributed by atoms with Gasteiger partial charge in [0.05, 0.1) is 17.8 Å². The molecule has 1 aliphatic rings. The molecule has 2 aromatic heterocycles. The Labute approximate surface area is 164 Å². The topological polar surface area (TPSA) is 80.0 Å². The van der Waals surface area contributed by atoms with Gasteiger partial charge >= 0.3 is 0 Å². The molecule has 0 atom stereocenters. The van der Waals surface area contributed by atoms with E-state index in [1.807, 2.05) is 32.3 Å². The van der Waals surface area contributed by atoms with Crippen molar-refractivity contribution in [3.8, 4) is 11.3 Å². The van der Waals surface area contributed by atoms with Gasteiger partial charge in [-0.25, -0.2) is 0 Å². The van der Waals surface area contributed by atoms with E-state index < -0.39 is 5.54 Å². The first-order valence-electron chi connectivity index (χ1n) is 9.46. The largest absolute Gasteiger partial charge is 0.394 e. The minimum absolute atomic E-state index is 0.0277. The monoisotopic (exact) mass is 376 g/mol. The normalized spacial score (nSPS) is 14.7. The summed E-state index contributed by atoms with van der Waals surface area (Å²) < 4.78 is 1.79. The molecule has 0 saturated heterocycles. The van der Waals surface area contributed by atoms with Crippen LogP contribution in [0.25, 0.3) is 11.3 Å². The van der Waals surface area contributed by atoms with Gasteiger partial charge in [-0.05, 0) is 55.0 Å². The average molecular weight is 376 g/mol. The number of hydrogen-bond acceptors (Lipinski definition) is 4. The van der Waals surface area contributed by atoms with E-state index in [2.05, 4.69) is 39.7 Å². The van der Waals surface area contributed by atoms with Crippen molar-refractivity contribution < 1.29 is 9.90 Å². The van der Waals surface area contributed by atoms with Crippen LogP contribution >= 0.6 is 0 Å². The molecule has 6 nitrogen and oxygen atoms in total. The molecule has 28 heavy (non-hydrogen) atoms. The Morgan fingerprint density at radius 2 is 2.00 bits per heavy atom. The number of amides is 1. The van der Waals surface area contributed by atoms with E-state index in [-0.39, 0.29) is 12.5 Å². The molecule has 0 aliphatic heterocycles. The summed E-state index contributed by atoms with van der Waals surface area (Å²) in [7, 11) is 1.91. The van der Waals surface area contributed by atoms with E-state index >= 15 is 0 Å². The van der Waals surface area contributed by atoms with E-state index in [4.69, 9.17) is 0 Å². The van der Waals surface area contributed by atoms with Gasteiger partial charge in [-0.2, -0.15) is 5.10 Å². The second-order valence-electron chi connectivity index (χ2n) is 7.64. The lowest BCUT2D eigenvalue weighted by atomic mass is 9.99. The molecule has 1 amide bonds. The molecule has 1 aliphatic carbocycles. The highest BCUT2D eigenvalue weighted by Gasteiger charge is 2.43. The number of aromatic nitrogens is 3. The molecule has 0 spiro atoms. The maximum atomic E-state index is 12.5. The van der Waals surface area contributed by atoms with Gasteiger partial charge in [-0.3, -0.25) is 14.5 Å². The van der Waals surface area contributed by atoms with Crippen LogP contribution in [0.2, 0.25) is 0 Å². The maximum absolute atomic E-state index is 12.5. The van der Waals surface area contributed by atoms with Gasteiger partial charge in [-0.1, -0.05) is 24.3 Å². The van der Waals surface area contributed by atoms with Gasteiger partial charge in [0.15, 0.2) is 0 Å². The van der Waals surface area contributed by atoms with Crippen LogP contribution in [-0.4, -0.2) is 37.9 Å². The fourth-order valence-electron chi connectivity index (χ4n) is 3.24. The van der Waals surface area contributed by atoms with Crippen molar-refractivity contribution in [3.63, 3.8) is 0 Å². The van der Waals surface area contributed by atoms with E-state index in [0.29, 0.717) is 5.69 Å². The van der Waals surface area contributed by atoms with E-state index in [9.17, 15) is 9.90 Å². The smallest absolute Gasteiger partial charge is 0.270 e. The predicted octanol–water partition coefficient (Wildman–Crippen LogP) is 2.64. The summed E-state index contributed by atoms with van der Waals surface area (Å²) in [5.74, 6) is -0.224. The van der Waals surface area contributed by atoms with Gasteiger partial charge < -0.3 is 10.4 Å². The number of nitrogens with zero attached hydrogens (tertiary/aromatic N) is 3. The van der Waals surface area contributed by atoms with Gasteiger partial charge in [0.2, 0.25) is 0 Å². The van der Waals surface area contributed by atoms with Crippen LogP contribution in [-0.2, 0) is 13.5 Å². The number of carbonyl (C=O) groups is 1. The van der Waals surface area contributed by atoms with Crippen molar-refractivity contribution in [2.45, 2.75) is 31.7 Å². The minimum Gasteiger partial charge on any atom is -0.394 e. The van der Waals surface area contributed by atoms with Gasteiger partial charge in [0, 0.05) is 25.0 Å². The number of nitrogens with one attached hydrogen (secondary N) is 1. The quantitative estimate of drug-likeness (QED) is 0.693. The Kier molecular flexibility index (Phi) is 4.73. The molecule has 2 N–H and O–H groups in total. The van der Waals surface area contributed by atoms with Crippen molar-refractivity contribution in [1.29, 1.82) is 0 Å².